The normalized spacial score (nSPS) is 11.5. The fraction of sp³-hybridized carbons (Fsp3) is 0.409. The summed E-state index contributed by atoms with van der Waals surface area (Å²) in [7, 11) is 0. The molecule has 2 heterocycles. The molecule has 0 aliphatic carbocycles. The van der Waals surface area contributed by atoms with Crippen LogP contribution in [0.5, 0.6) is 0 Å². The Kier molecular flexibility index (Phi) is 5.68. The molecule has 148 valence electrons. The third kappa shape index (κ3) is 3.46. The average Bonchev–Trinajstić information content (AvgIpc) is 3.07. The second kappa shape index (κ2) is 8.00. The Morgan fingerprint density at radius 1 is 1.18 bits per heavy atom. The lowest BCUT2D eigenvalue weighted by Crippen LogP contribution is -2.22. The highest BCUT2D eigenvalue weighted by atomic mass is 16.4. The molecule has 3 rings (SSSR count). The van der Waals surface area contributed by atoms with Gasteiger partial charge in [0, 0.05) is 12.2 Å². The molecular formula is C22H27N3O3. The van der Waals surface area contributed by atoms with Crippen LogP contribution < -0.4 is 5.43 Å². The van der Waals surface area contributed by atoms with E-state index in [0.717, 1.165) is 42.5 Å². The van der Waals surface area contributed by atoms with E-state index in [4.69, 9.17) is 0 Å². The number of nitrogens with zero attached hydrogens (tertiary/aromatic N) is 3. The molecule has 0 unspecified atom stereocenters. The number of pyridine rings is 1. The molecule has 1 aromatic carbocycles. The van der Waals surface area contributed by atoms with E-state index >= 15 is 0 Å². The first kappa shape index (κ1) is 19.9. The van der Waals surface area contributed by atoms with Crippen LogP contribution in [0.2, 0.25) is 0 Å². The summed E-state index contributed by atoms with van der Waals surface area (Å²) in [5.74, 6) is -1.21. The van der Waals surface area contributed by atoms with Gasteiger partial charge in [0.2, 0.25) is 5.43 Å². The summed E-state index contributed by atoms with van der Waals surface area (Å²) in [6, 6.07) is 6.07. The highest BCUT2D eigenvalue weighted by Crippen LogP contribution is 2.26. The topological polar surface area (TPSA) is 77.1 Å². The second-order valence-electron chi connectivity index (χ2n) is 7.39. The average molecular weight is 381 g/mol. The van der Waals surface area contributed by atoms with E-state index < -0.39 is 11.4 Å². The van der Waals surface area contributed by atoms with Crippen LogP contribution in [0.4, 0.5) is 0 Å². The number of fused-ring (bicyclic) bond motifs is 1. The molecule has 0 atom stereocenters. The Bertz CT molecular complexity index is 1070. The first-order chi connectivity index (χ1) is 13.4. The zero-order valence-corrected chi connectivity index (χ0v) is 16.9. The van der Waals surface area contributed by atoms with Gasteiger partial charge in [0.05, 0.1) is 5.69 Å². The largest absolute Gasteiger partial charge is 0.477 e. The third-order valence-electron chi connectivity index (χ3n) is 5.20. The van der Waals surface area contributed by atoms with Crippen molar-refractivity contribution in [2.24, 2.45) is 0 Å². The molecule has 0 bridgehead atoms. The van der Waals surface area contributed by atoms with Gasteiger partial charge < -0.3 is 9.67 Å². The molecule has 1 N–H and O–H groups in total. The molecule has 0 aliphatic rings. The number of carboxylic acids is 1. The number of carboxylic acid groups (broad SMARTS) is 1. The van der Waals surface area contributed by atoms with Crippen LogP contribution in [0.25, 0.3) is 16.9 Å². The number of rotatable bonds is 7. The molecule has 6 heteroatoms. The fourth-order valence-corrected chi connectivity index (χ4v) is 3.90. The van der Waals surface area contributed by atoms with Gasteiger partial charge in [0.15, 0.2) is 5.65 Å². The number of carbonyl (C=O) groups is 1. The van der Waals surface area contributed by atoms with Crippen molar-refractivity contribution in [2.75, 3.05) is 0 Å². The van der Waals surface area contributed by atoms with Crippen LogP contribution in [0, 0.1) is 13.8 Å². The molecule has 3 aromatic rings. The van der Waals surface area contributed by atoms with Gasteiger partial charge in [0.1, 0.15) is 17.4 Å². The fourth-order valence-electron chi connectivity index (χ4n) is 3.90. The van der Waals surface area contributed by atoms with Crippen LogP contribution in [0.15, 0.2) is 35.5 Å². The summed E-state index contributed by atoms with van der Waals surface area (Å²) in [5, 5.41) is 9.64. The van der Waals surface area contributed by atoms with Crippen LogP contribution in [0.1, 0.15) is 67.1 Å². The molecular weight excluding hydrogens is 354 g/mol. The Morgan fingerprint density at radius 2 is 1.86 bits per heavy atom. The van der Waals surface area contributed by atoms with Gasteiger partial charge in [-0.25, -0.2) is 9.78 Å². The standard InChI is InChI=1S/C22H27N3O3/c1-5-7-16(8-6-2)24-12-17(22(27)28)20(26)19-21(24)23-13-25(19)18-10-9-14(3)11-15(18)4/h9-13,16H,5-8H2,1-4H3,(H,27,28). The monoisotopic (exact) mass is 381 g/mol. The number of imidazole rings is 1. The molecule has 2 aromatic heterocycles. The highest BCUT2D eigenvalue weighted by Gasteiger charge is 2.23. The first-order valence-electron chi connectivity index (χ1n) is 9.82. The number of aromatic nitrogens is 3. The van der Waals surface area contributed by atoms with Crippen molar-refractivity contribution in [2.45, 2.75) is 59.4 Å². The van der Waals surface area contributed by atoms with Gasteiger partial charge in [0.25, 0.3) is 0 Å². The number of hydrogen-bond acceptors (Lipinski definition) is 3. The quantitative estimate of drug-likeness (QED) is 0.646. The Balaban J connectivity index is 2.35. The first-order valence-corrected chi connectivity index (χ1v) is 9.82. The van der Waals surface area contributed by atoms with Crippen molar-refractivity contribution >= 4 is 17.1 Å². The predicted molar refractivity (Wildman–Crippen MR) is 111 cm³/mol. The number of aromatic carboxylic acids is 1. The summed E-state index contributed by atoms with van der Waals surface area (Å²) < 4.78 is 3.62. The minimum absolute atomic E-state index is 0.110. The maximum absolute atomic E-state index is 13.0. The lowest BCUT2D eigenvalue weighted by Gasteiger charge is -2.21. The minimum Gasteiger partial charge on any atom is -0.477 e. The Hall–Kier alpha value is -2.89. The molecule has 0 saturated carbocycles. The summed E-state index contributed by atoms with van der Waals surface area (Å²) in [4.78, 5) is 29.4. The number of aryl methyl sites for hydroxylation is 2. The molecule has 0 saturated heterocycles. The van der Waals surface area contributed by atoms with E-state index in [0.29, 0.717) is 11.2 Å². The summed E-state index contributed by atoms with van der Waals surface area (Å²) >= 11 is 0. The number of hydrogen-bond donors (Lipinski definition) is 1. The maximum atomic E-state index is 13.0. The van der Waals surface area contributed by atoms with E-state index in [2.05, 4.69) is 18.8 Å². The van der Waals surface area contributed by atoms with Gasteiger partial charge in [-0.3, -0.25) is 9.36 Å². The molecule has 6 nitrogen and oxygen atoms in total. The molecule has 0 fully saturated rings. The molecule has 0 amide bonds. The van der Waals surface area contributed by atoms with Crippen LogP contribution in [0.3, 0.4) is 0 Å². The molecule has 28 heavy (non-hydrogen) atoms. The van der Waals surface area contributed by atoms with E-state index in [1.807, 2.05) is 36.6 Å². The van der Waals surface area contributed by atoms with E-state index in [-0.39, 0.29) is 11.6 Å². The lowest BCUT2D eigenvalue weighted by atomic mass is 10.1. The molecule has 0 aliphatic heterocycles. The van der Waals surface area contributed by atoms with Crippen molar-refractivity contribution in [3.05, 3.63) is 57.6 Å². The SMILES string of the molecule is CCCC(CCC)n1cc(C(=O)O)c(=O)c2c1ncn2-c1ccc(C)cc1C. The maximum Gasteiger partial charge on any atom is 0.341 e. The van der Waals surface area contributed by atoms with E-state index in [1.54, 1.807) is 10.9 Å². The summed E-state index contributed by atoms with van der Waals surface area (Å²) in [6.45, 7) is 8.20. The zero-order valence-electron chi connectivity index (χ0n) is 16.9. The van der Waals surface area contributed by atoms with Gasteiger partial charge >= 0.3 is 5.97 Å². The van der Waals surface area contributed by atoms with Gasteiger partial charge in [-0.1, -0.05) is 44.4 Å². The van der Waals surface area contributed by atoms with Gasteiger partial charge in [-0.05, 0) is 38.3 Å². The van der Waals surface area contributed by atoms with Crippen molar-refractivity contribution in [3.63, 3.8) is 0 Å². The van der Waals surface area contributed by atoms with Crippen molar-refractivity contribution in [1.82, 2.24) is 14.1 Å². The van der Waals surface area contributed by atoms with Crippen LogP contribution >= 0.6 is 0 Å². The van der Waals surface area contributed by atoms with Gasteiger partial charge in [-0.2, -0.15) is 0 Å². The van der Waals surface area contributed by atoms with Crippen LogP contribution in [-0.4, -0.2) is 25.2 Å². The summed E-state index contributed by atoms with van der Waals surface area (Å²) in [5.41, 5.74) is 3.12. The van der Waals surface area contributed by atoms with E-state index in [1.165, 1.54) is 6.20 Å². The highest BCUT2D eigenvalue weighted by molar-refractivity contribution is 5.91. The van der Waals surface area contributed by atoms with Gasteiger partial charge in [-0.15, -0.1) is 0 Å². The number of benzene rings is 1. The Morgan fingerprint density at radius 3 is 2.43 bits per heavy atom. The zero-order chi connectivity index (χ0) is 20.4. The third-order valence-corrected chi connectivity index (χ3v) is 5.20. The summed E-state index contributed by atoms with van der Waals surface area (Å²) in [6.07, 6.45) is 6.85. The smallest absolute Gasteiger partial charge is 0.341 e. The van der Waals surface area contributed by atoms with Crippen molar-refractivity contribution in [1.29, 1.82) is 0 Å². The van der Waals surface area contributed by atoms with Crippen molar-refractivity contribution in [3.8, 4) is 5.69 Å². The minimum atomic E-state index is -1.21. The molecule has 0 radical (unpaired) electrons. The van der Waals surface area contributed by atoms with Crippen molar-refractivity contribution < 1.29 is 9.90 Å². The predicted octanol–water partition coefficient (Wildman–Crippen LogP) is 4.64. The second-order valence-corrected chi connectivity index (χ2v) is 7.39. The van der Waals surface area contributed by atoms with E-state index in [9.17, 15) is 14.7 Å². The Labute approximate surface area is 164 Å². The van der Waals surface area contributed by atoms with Crippen LogP contribution in [-0.2, 0) is 0 Å². The lowest BCUT2D eigenvalue weighted by molar-refractivity contribution is 0.0694. The molecule has 0 spiro atoms.